The molecule has 16 heavy (non-hydrogen) atoms. The van der Waals surface area contributed by atoms with Crippen LogP contribution in [-0.4, -0.2) is 35.9 Å². The molecule has 0 aromatic heterocycles. The van der Waals surface area contributed by atoms with Gasteiger partial charge in [-0.1, -0.05) is 0 Å². The topological polar surface area (TPSA) is 56.2 Å². The van der Waals surface area contributed by atoms with Crippen LogP contribution in [-0.2, 0) is 9.73 Å². The molecule has 1 aromatic carbocycles. The molecule has 1 aromatic rings. The van der Waals surface area contributed by atoms with Crippen molar-refractivity contribution in [3.63, 3.8) is 0 Å². The highest BCUT2D eigenvalue weighted by atomic mass is 32.2. The van der Waals surface area contributed by atoms with Crippen molar-refractivity contribution in [3.8, 4) is 0 Å². The summed E-state index contributed by atoms with van der Waals surface area (Å²) in [6.07, 6.45) is 0. The van der Waals surface area contributed by atoms with Crippen molar-refractivity contribution in [1.82, 2.24) is 0 Å². The number of anilines is 2. The van der Waals surface area contributed by atoms with Crippen LogP contribution >= 0.6 is 0 Å². The molecule has 0 amide bonds. The Morgan fingerprint density at radius 3 is 2.31 bits per heavy atom. The normalized spacial score (nSPS) is 19.4. The minimum absolute atomic E-state index is 0.487. The molecule has 0 atom stereocenters. The molecule has 1 aliphatic rings. The van der Waals surface area contributed by atoms with Gasteiger partial charge < -0.3 is 10.2 Å². The van der Waals surface area contributed by atoms with E-state index < -0.39 is 9.73 Å². The minimum atomic E-state index is -2.29. The van der Waals surface area contributed by atoms with E-state index in [1.165, 1.54) is 0 Å². The largest absolute Gasteiger partial charge is 0.388 e. The Bertz CT molecular complexity index is 439. The van der Waals surface area contributed by atoms with Gasteiger partial charge in [-0.15, -0.1) is 0 Å². The van der Waals surface area contributed by atoms with E-state index in [0.29, 0.717) is 11.5 Å². The monoisotopic (exact) mass is 239 g/mol. The van der Waals surface area contributed by atoms with Crippen LogP contribution in [0.3, 0.4) is 0 Å². The SMILES string of the molecule is CNc1ccc(N2CCS(=N)(=O)CC2)cc1. The summed E-state index contributed by atoms with van der Waals surface area (Å²) in [6, 6.07) is 8.18. The Kier molecular flexibility index (Phi) is 3.05. The highest BCUT2D eigenvalue weighted by molar-refractivity contribution is 7.92. The number of benzene rings is 1. The van der Waals surface area contributed by atoms with Crippen LogP contribution in [0.1, 0.15) is 0 Å². The van der Waals surface area contributed by atoms with Gasteiger partial charge in [-0.2, -0.15) is 0 Å². The number of hydrogen-bond acceptors (Lipinski definition) is 4. The summed E-state index contributed by atoms with van der Waals surface area (Å²) in [5, 5.41) is 3.08. The lowest BCUT2D eigenvalue weighted by molar-refractivity contribution is 0.664. The Balaban J connectivity index is 2.08. The highest BCUT2D eigenvalue weighted by Gasteiger charge is 2.18. The van der Waals surface area contributed by atoms with E-state index in [1.807, 2.05) is 19.2 Å². The molecule has 0 aliphatic carbocycles. The standard InChI is InChI=1S/C11H17N3OS/c1-13-10-2-4-11(5-3-10)14-6-8-16(12,15)9-7-14/h2-5,12-13H,6-9H2,1H3. The maximum absolute atomic E-state index is 11.5. The van der Waals surface area contributed by atoms with E-state index in [2.05, 4.69) is 22.3 Å². The fourth-order valence-corrected chi connectivity index (χ4v) is 3.06. The molecular formula is C11H17N3OS. The van der Waals surface area contributed by atoms with Crippen molar-refractivity contribution in [2.75, 3.05) is 41.9 Å². The lowest BCUT2D eigenvalue weighted by Gasteiger charge is -2.30. The van der Waals surface area contributed by atoms with E-state index in [9.17, 15) is 4.21 Å². The summed E-state index contributed by atoms with van der Waals surface area (Å²) in [6.45, 7) is 1.45. The third-order valence-electron chi connectivity index (χ3n) is 2.90. The van der Waals surface area contributed by atoms with Gasteiger partial charge in [0.2, 0.25) is 0 Å². The summed E-state index contributed by atoms with van der Waals surface area (Å²) in [4.78, 5) is 2.19. The molecule has 0 saturated carbocycles. The van der Waals surface area contributed by atoms with Gasteiger partial charge in [0, 0.05) is 52.7 Å². The summed E-state index contributed by atoms with van der Waals surface area (Å²) in [5.74, 6) is 0.974. The van der Waals surface area contributed by atoms with Crippen LogP contribution in [0.15, 0.2) is 24.3 Å². The molecule has 1 aliphatic heterocycles. The molecule has 1 fully saturated rings. The first-order valence-electron chi connectivity index (χ1n) is 5.38. The minimum Gasteiger partial charge on any atom is -0.388 e. The average Bonchev–Trinajstić information content (AvgIpc) is 2.29. The van der Waals surface area contributed by atoms with Crippen LogP contribution in [0.5, 0.6) is 0 Å². The third kappa shape index (κ3) is 2.47. The van der Waals surface area contributed by atoms with Crippen molar-refractivity contribution in [2.24, 2.45) is 0 Å². The first-order valence-corrected chi connectivity index (χ1v) is 7.27. The fraction of sp³-hybridized carbons (Fsp3) is 0.455. The van der Waals surface area contributed by atoms with Gasteiger partial charge >= 0.3 is 0 Å². The van der Waals surface area contributed by atoms with Gasteiger partial charge in [0.05, 0.1) is 0 Å². The van der Waals surface area contributed by atoms with Crippen LogP contribution < -0.4 is 10.2 Å². The van der Waals surface area contributed by atoms with E-state index in [-0.39, 0.29) is 0 Å². The number of nitrogens with one attached hydrogen (secondary N) is 2. The molecule has 88 valence electrons. The van der Waals surface area contributed by atoms with E-state index >= 15 is 0 Å². The second-order valence-electron chi connectivity index (χ2n) is 4.00. The molecule has 4 nitrogen and oxygen atoms in total. The van der Waals surface area contributed by atoms with Gasteiger partial charge in [0.1, 0.15) is 0 Å². The first kappa shape index (κ1) is 11.3. The fourth-order valence-electron chi connectivity index (χ4n) is 1.83. The second kappa shape index (κ2) is 4.33. The van der Waals surface area contributed by atoms with Gasteiger partial charge in [-0.3, -0.25) is 4.78 Å². The lowest BCUT2D eigenvalue weighted by Crippen LogP contribution is -2.39. The Morgan fingerprint density at radius 1 is 1.25 bits per heavy atom. The molecule has 0 spiro atoms. The summed E-state index contributed by atoms with van der Waals surface area (Å²) < 4.78 is 19.0. The molecule has 0 bridgehead atoms. The van der Waals surface area contributed by atoms with Gasteiger partial charge in [-0.25, -0.2) is 4.21 Å². The Morgan fingerprint density at radius 2 is 1.81 bits per heavy atom. The molecule has 1 heterocycles. The highest BCUT2D eigenvalue weighted by Crippen LogP contribution is 2.19. The van der Waals surface area contributed by atoms with Crippen LogP contribution in [0, 0.1) is 4.78 Å². The van der Waals surface area contributed by atoms with Crippen molar-refractivity contribution >= 4 is 21.1 Å². The molecule has 2 N–H and O–H groups in total. The molecular weight excluding hydrogens is 222 g/mol. The predicted octanol–water partition coefficient (Wildman–Crippen LogP) is 1.60. The lowest BCUT2D eigenvalue weighted by atomic mass is 10.2. The smallest absolute Gasteiger partial charge is 0.0492 e. The predicted molar refractivity (Wildman–Crippen MR) is 68.8 cm³/mol. The maximum atomic E-state index is 11.5. The van der Waals surface area contributed by atoms with Crippen molar-refractivity contribution in [2.45, 2.75) is 0 Å². The van der Waals surface area contributed by atoms with Crippen molar-refractivity contribution in [3.05, 3.63) is 24.3 Å². The molecule has 0 unspecified atom stereocenters. The second-order valence-corrected chi connectivity index (χ2v) is 6.44. The molecule has 5 heteroatoms. The van der Waals surface area contributed by atoms with Gasteiger partial charge in [0.15, 0.2) is 0 Å². The number of hydrogen-bond donors (Lipinski definition) is 2. The van der Waals surface area contributed by atoms with Crippen molar-refractivity contribution in [1.29, 1.82) is 4.78 Å². The molecule has 2 rings (SSSR count). The van der Waals surface area contributed by atoms with E-state index in [0.717, 1.165) is 24.5 Å². The average molecular weight is 239 g/mol. The summed E-state index contributed by atoms with van der Waals surface area (Å²) in [7, 11) is -0.397. The van der Waals surface area contributed by atoms with Crippen LogP contribution in [0.25, 0.3) is 0 Å². The number of rotatable bonds is 2. The zero-order valence-electron chi connectivity index (χ0n) is 9.40. The Labute approximate surface area is 96.6 Å². The van der Waals surface area contributed by atoms with E-state index in [1.54, 1.807) is 0 Å². The zero-order valence-corrected chi connectivity index (χ0v) is 10.2. The Hall–Kier alpha value is -1.23. The van der Waals surface area contributed by atoms with E-state index in [4.69, 9.17) is 4.78 Å². The summed E-state index contributed by atoms with van der Waals surface area (Å²) in [5.41, 5.74) is 2.24. The quantitative estimate of drug-likeness (QED) is 0.824. The van der Waals surface area contributed by atoms with Gasteiger partial charge in [-0.05, 0) is 24.3 Å². The maximum Gasteiger partial charge on any atom is 0.0492 e. The first-order chi connectivity index (χ1) is 7.61. The van der Waals surface area contributed by atoms with Crippen LogP contribution in [0.4, 0.5) is 11.4 Å². The molecule has 0 radical (unpaired) electrons. The van der Waals surface area contributed by atoms with Crippen LogP contribution in [0.2, 0.25) is 0 Å². The summed E-state index contributed by atoms with van der Waals surface area (Å²) >= 11 is 0. The number of nitrogens with zero attached hydrogens (tertiary/aromatic N) is 1. The third-order valence-corrected chi connectivity index (χ3v) is 4.59. The zero-order chi connectivity index (χ0) is 11.6. The molecule has 1 saturated heterocycles. The van der Waals surface area contributed by atoms with Gasteiger partial charge in [0.25, 0.3) is 0 Å². The van der Waals surface area contributed by atoms with Crippen molar-refractivity contribution < 1.29 is 4.21 Å².